The number of hydrogen-bond donors (Lipinski definition) is 2. The lowest BCUT2D eigenvalue weighted by molar-refractivity contribution is 0.179. The van der Waals surface area contributed by atoms with Crippen molar-refractivity contribution in [1.29, 1.82) is 0 Å². The average Bonchev–Trinajstić information content (AvgIpc) is 2.07. The van der Waals surface area contributed by atoms with E-state index in [2.05, 4.69) is 15.3 Å². The van der Waals surface area contributed by atoms with Gasteiger partial charge in [-0.15, -0.1) is 0 Å². The summed E-state index contributed by atoms with van der Waals surface area (Å²) in [5.41, 5.74) is 0.880. The molecule has 1 rings (SSSR count). The van der Waals surface area contributed by atoms with E-state index in [1.54, 1.807) is 19.3 Å². The van der Waals surface area contributed by atoms with Gasteiger partial charge in [-0.05, 0) is 27.2 Å². The summed E-state index contributed by atoms with van der Waals surface area (Å²) in [6, 6.07) is 0.199. The van der Waals surface area contributed by atoms with Crippen LogP contribution in [-0.4, -0.2) is 27.2 Å². The summed E-state index contributed by atoms with van der Waals surface area (Å²) in [6.45, 7) is 5.70. The van der Waals surface area contributed by atoms with Crippen LogP contribution in [-0.2, 0) is 0 Å². The first-order chi connectivity index (χ1) is 6.59. The van der Waals surface area contributed by atoms with E-state index in [1.165, 1.54) is 0 Å². The number of hydrogen-bond acceptors (Lipinski definition) is 4. The van der Waals surface area contributed by atoms with Crippen LogP contribution in [0, 0.1) is 6.92 Å². The van der Waals surface area contributed by atoms with Crippen LogP contribution in [0.3, 0.4) is 0 Å². The van der Waals surface area contributed by atoms with Crippen LogP contribution >= 0.6 is 0 Å². The number of aryl methyl sites for hydroxylation is 1. The van der Waals surface area contributed by atoms with Crippen LogP contribution in [0.2, 0.25) is 0 Å². The lowest BCUT2D eigenvalue weighted by atomic mass is 10.1. The van der Waals surface area contributed by atoms with Gasteiger partial charge >= 0.3 is 0 Å². The van der Waals surface area contributed by atoms with Gasteiger partial charge in [-0.1, -0.05) is 0 Å². The van der Waals surface area contributed by atoms with Gasteiger partial charge in [0.15, 0.2) is 0 Å². The van der Waals surface area contributed by atoms with Crippen molar-refractivity contribution in [1.82, 2.24) is 9.97 Å². The Morgan fingerprint density at radius 2 is 2.00 bits per heavy atom. The van der Waals surface area contributed by atoms with Gasteiger partial charge in [0.1, 0.15) is 5.82 Å². The predicted octanol–water partition coefficient (Wildman–Crippen LogP) is 1.36. The third kappa shape index (κ3) is 3.30. The van der Waals surface area contributed by atoms with Crippen LogP contribution in [0.1, 0.15) is 26.0 Å². The molecule has 78 valence electrons. The summed E-state index contributed by atoms with van der Waals surface area (Å²) in [4.78, 5) is 8.29. The van der Waals surface area contributed by atoms with Crippen LogP contribution in [0.15, 0.2) is 12.4 Å². The lowest BCUT2D eigenvalue weighted by Crippen LogP contribution is -2.21. The molecule has 4 heteroatoms. The first-order valence-electron chi connectivity index (χ1n) is 4.82. The van der Waals surface area contributed by atoms with E-state index in [0.717, 1.165) is 11.5 Å². The molecule has 0 amide bonds. The molecule has 0 aliphatic rings. The summed E-state index contributed by atoms with van der Waals surface area (Å²) >= 11 is 0. The van der Waals surface area contributed by atoms with Crippen LogP contribution in [0.5, 0.6) is 0 Å². The van der Waals surface area contributed by atoms with Gasteiger partial charge in [0.2, 0.25) is 0 Å². The number of nitrogens with one attached hydrogen (secondary N) is 1. The third-order valence-corrected chi connectivity index (χ3v) is 1.96. The molecule has 0 aliphatic heterocycles. The van der Waals surface area contributed by atoms with Gasteiger partial charge in [0.25, 0.3) is 0 Å². The molecule has 14 heavy (non-hydrogen) atoms. The molecule has 1 heterocycles. The normalized spacial score (nSPS) is 14.9. The SMILES string of the molecule is Cc1nccnc1NC(C)CC(C)O. The van der Waals surface area contributed by atoms with Crippen LogP contribution in [0.25, 0.3) is 0 Å². The van der Waals surface area contributed by atoms with Gasteiger partial charge in [-0.25, -0.2) is 4.98 Å². The van der Waals surface area contributed by atoms with Crippen molar-refractivity contribution >= 4 is 5.82 Å². The average molecular weight is 195 g/mol. The van der Waals surface area contributed by atoms with E-state index in [0.29, 0.717) is 6.42 Å². The van der Waals surface area contributed by atoms with Gasteiger partial charge in [0, 0.05) is 18.4 Å². The number of anilines is 1. The number of nitrogens with zero attached hydrogens (tertiary/aromatic N) is 2. The summed E-state index contributed by atoms with van der Waals surface area (Å²) in [7, 11) is 0. The second-order valence-electron chi connectivity index (χ2n) is 3.62. The molecule has 0 aliphatic carbocycles. The first kappa shape index (κ1) is 10.9. The predicted molar refractivity (Wildman–Crippen MR) is 56.2 cm³/mol. The van der Waals surface area contributed by atoms with Crippen molar-refractivity contribution in [3.8, 4) is 0 Å². The maximum absolute atomic E-state index is 9.19. The molecular weight excluding hydrogens is 178 g/mol. The Bertz CT molecular complexity index is 288. The van der Waals surface area contributed by atoms with Crippen molar-refractivity contribution in [2.75, 3.05) is 5.32 Å². The molecule has 0 aromatic carbocycles. The second kappa shape index (κ2) is 4.91. The standard InChI is InChI=1S/C10H17N3O/c1-7(6-8(2)14)13-10-9(3)11-4-5-12-10/h4-5,7-8,14H,6H2,1-3H3,(H,12,13). The van der Waals surface area contributed by atoms with E-state index in [9.17, 15) is 5.11 Å². The van der Waals surface area contributed by atoms with E-state index in [4.69, 9.17) is 0 Å². The Labute approximate surface area is 84.4 Å². The van der Waals surface area contributed by atoms with E-state index < -0.39 is 0 Å². The molecule has 0 radical (unpaired) electrons. The van der Waals surface area contributed by atoms with Gasteiger partial charge < -0.3 is 10.4 Å². The van der Waals surface area contributed by atoms with Crippen molar-refractivity contribution in [2.45, 2.75) is 39.3 Å². The fraction of sp³-hybridized carbons (Fsp3) is 0.600. The summed E-state index contributed by atoms with van der Waals surface area (Å²) in [6.07, 6.45) is 3.73. The Morgan fingerprint density at radius 1 is 1.36 bits per heavy atom. The Balaban J connectivity index is 2.56. The molecule has 1 aromatic heterocycles. The first-order valence-corrected chi connectivity index (χ1v) is 4.82. The molecule has 2 atom stereocenters. The molecule has 0 fully saturated rings. The lowest BCUT2D eigenvalue weighted by Gasteiger charge is -2.16. The quantitative estimate of drug-likeness (QED) is 0.761. The molecule has 1 aromatic rings. The minimum atomic E-state index is -0.297. The van der Waals surface area contributed by atoms with Gasteiger partial charge in [0.05, 0.1) is 11.8 Å². The molecular formula is C10H17N3O. The van der Waals surface area contributed by atoms with Gasteiger partial charge in [-0.3, -0.25) is 4.98 Å². The van der Waals surface area contributed by atoms with Crippen LogP contribution in [0.4, 0.5) is 5.82 Å². The number of aliphatic hydroxyl groups is 1. The second-order valence-corrected chi connectivity index (χ2v) is 3.62. The Morgan fingerprint density at radius 3 is 2.57 bits per heavy atom. The topological polar surface area (TPSA) is 58.0 Å². The van der Waals surface area contributed by atoms with E-state index in [1.807, 2.05) is 13.8 Å². The zero-order valence-electron chi connectivity index (χ0n) is 8.86. The molecule has 0 spiro atoms. The molecule has 0 saturated carbocycles. The Hall–Kier alpha value is -1.16. The maximum Gasteiger partial charge on any atom is 0.147 e. The highest BCUT2D eigenvalue weighted by atomic mass is 16.3. The van der Waals surface area contributed by atoms with E-state index >= 15 is 0 Å². The highest BCUT2D eigenvalue weighted by molar-refractivity contribution is 5.39. The highest BCUT2D eigenvalue weighted by Crippen LogP contribution is 2.10. The number of aromatic nitrogens is 2. The van der Waals surface area contributed by atoms with Crippen molar-refractivity contribution in [3.63, 3.8) is 0 Å². The van der Waals surface area contributed by atoms with Crippen molar-refractivity contribution in [2.24, 2.45) is 0 Å². The summed E-state index contributed by atoms with van der Waals surface area (Å²) in [5, 5.41) is 12.4. The minimum absolute atomic E-state index is 0.199. The highest BCUT2D eigenvalue weighted by Gasteiger charge is 2.07. The smallest absolute Gasteiger partial charge is 0.147 e. The van der Waals surface area contributed by atoms with Crippen LogP contribution < -0.4 is 5.32 Å². The minimum Gasteiger partial charge on any atom is -0.393 e. The molecule has 0 saturated heterocycles. The van der Waals surface area contributed by atoms with E-state index in [-0.39, 0.29) is 12.1 Å². The third-order valence-electron chi connectivity index (χ3n) is 1.96. The summed E-state index contributed by atoms with van der Waals surface area (Å²) < 4.78 is 0. The molecule has 0 bridgehead atoms. The van der Waals surface area contributed by atoms with Gasteiger partial charge in [-0.2, -0.15) is 0 Å². The number of rotatable bonds is 4. The molecule has 4 nitrogen and oxygen atoms in total. The number of aliphatic hydroxyl groups excluding tert-OH is 1. The molecule has 2 unspecified atom stereocenters. The Kier molecular flexibility index (Phi) is 3.83. The van der Waals surface area contributed by atoms with Crippen molar-refractivity contribution < 1.29 is 5.11 Å². The maximum atomic E-state index is 9.19. The van der Waals surface area contributed by atoms with Crippen molar-refractivity contribution in [3.05, 3.63) is 18.1 Å². The largest absolute Gasteiger partial charge is 0.393 e. The fourth-order valence-corrected chi connectivity index (χ4v) is 1.35. The summed E-state index contributed by atoms with van der Waals surface area (Å²) in [5.74, 6) is 0.792. The fourth-order valence-electron chi connectivity index (χ4n) is 1.35. The molecule has 2 N–H and O–H groups in total. The zero-order valence-corrected chi connectivity index (χ0v) is 8.86. The monoisotopic (exact) mass is 195 g/mol. The zero-order chi connectivity index (χ0) is 10.6.